The number of hydrogen-bond acceptors (Lipinski definition) is 3. The lowest BCUT2D eigenvalue weighted by atomic mass is 9.62. The summed E-state index contributed by atoms with van der Waals surface area (Å²) in [5.41, 5.74) is 9.00. The van der Waals surface area contributed by atoms with Gasteiger partial charge in [0.15, 0.2) is 0 Å². The maximum Gasteiger partial charge on any atom is 0.278 e. The second kappa shape index (κ2) is 3.95. The Labute approximate surface area is 114 Å². The predicted molar refractivity (Wildman–Crippen MR) is 77.5 cm³/mol. The molecule has 0 aliphatic heterocycles. The van der Waals surface area contributed by atoms with E-state index in [0.29, 0.717) is 11.3 Å². The predicted octanol–water partition coefficient (Wildman–Crippen LogP) is 3.83. The number of hydrogen-bond donors (Lipinski definition) is 1. The lowest BCUT2D eigenvalue weighted by molar-refractivity contribution is -0.386. The van der Waals surface area contributed by atoms with Gasteiger partial charge in [0.1, 0.15) is 0 Å². The molecule has 0 atom stereocenters. The van der Waals surface area contributed by atoms with Gasteiger partial charge in [0.25, 0.3) is 5.69 Å². The van der Waals surface area contributed by atoms with E-state index >= 15 is 0 Å². The van der Waals surface area contributed by atoms with Gasteiger partial charge in [0.05, 0.1) is 4.92 Å². The van der Waals surface area contributed by atoms with Crippen LogP contribution in [0.2, 0.25) is 0 Å². The first-order chi connectivity index (χ1) is 8.58. The Morgan fingerprint density at radius 3 is 2.26 bits per heavy atom. The van der Waals surface area contributed by atoms with E-state index in [1.54, 1.807) is 6.92 Å². The van der Waals surface area contributed by atoms with Crippen LogP contribution < -0.4 is 5.73 Å². The van der Waals surface area contributed by atoms with Crippen molar-refractivity contribution >= 4 is 11.4 Å². The van der Waals surface area contributed by atoms with E-state index in [4.69, 9.17) is 5.73 Å². The third-order valence-corrected chi connectivity index (χ3v) is 4.56. The van der Waals surface area contributed by atoms with Crippen LogP contribution in [0.4, 0.5) is 11.4 Å². The van der Waals surface area contributed by atoms with E-state index in [2.05, 4.69) is 27.7 Å². The van der Waals surface area contributed by atoms with Crippen LogP contribution in [-0.2, 0) is 10.8 Å². The van der Waals surface area contributed by atoms with Crippen molar-refractivity contribution in [1.29, 1.82) is 0 Å². The Morgan fingerprint density at radius 1 is 1.21 bits per heavy atom. The summed E-state index contributed by atoms with van der Waals surface area (Å²) in [7, 11) is 0. The van der Waals surface area contributed by atoms with Crippen molar-refractivity contribution in [3.8, 4) is 0 Å². The highest BCUT2D eigenvalue weighted by Crippen LogP contribution is 2.51. The fourth-order valence-electron chi connectivity index (χ4n) is 3.12. The van der Waals surface area contributed by atoms with Crippen LogP contribution in [0.3, 0.4) is 0 Å². The van der Waals surface area contributed by atoms with Crippen LogP contribution in [-0.4, -0.2) is 4.92 Å². The van der Waals surface area contributed by atoms with E-state index in [0.717, 1.165) is 24.0 Å². The first-order valence-corrected chi connectivity index (χ1v) is 6.66. The molecule has 0 fully saturated rings. The number of nitrogens with zero attached hydrogens (tertiary/aromatic N) is 1. The van der Waals surface area contributed by atoms with Gasteiger partial charge in [0.2, 0.25) is 0 Å². The molecular formula is C15H22N2O2. The molecule has 0 saturated carbocycles. The summed E-state index contributed by atoms with van der Waals surface area (Å²) in [5, 5.41) is 11.5. The van der Waals surface area contributed by atoms with Crippen molar-refractivity contribution < 1.29 is 4.92 Å². The Kier molecular flexibility index (Phi) is 2.88. The lowest BCUT2D eigenvalue weighted by Gasteiger charge is -2.41. The number of nitro groups is 1. The quantitative estimate of drug-likeness (QED) is 0.475. The van der Waals surface area contributed by atoms with Crippen LogP contribution in [0.25, 0.3) is 0 Å². The van der Waals surface area contributed by atoms with Gasteiger partial charge in [-0.2, -0.15) is 0 Å². The Hall–Kier alpha value is -1.58. The number of nitrogen functional groups attached to an aromatic ring is 1. The van der Waals surface area contributed by atoms with Gasteiger partial charge in [-0.15, -0.1) is 0 Å². The summed E-state index contributed by atoms with van der Waals surface area (Å²) in [6.45, 7) is 10.2. The number of benzene rings is 1. The molecule has 4 nitrogen and oxygen atoms in total. The normalized spacial score (nSPS) is 19.8. The van der Waals surface area contributed by atoms with Crippen molar-refractivity contribution in [3.63, 3.8) is 0 Å². The number of nitro benzene ring substituents is 1. The highest BCUT2D eigenvalue weighted by Gasteiger charge is 2.43. The fourth-order valence-corrected chi connectivity index (χ4v) is 3.12. The zero-order chi connectivity index (χ0) is 14.6. The molecule has 1 aliphatic carbocycles. The summed E-state index contributed by atoms with van der Waals surface area (Å²) in [5.74, 6) is 0. The smallest absolute Gasteiger partial charge is 0.278 e. The molecule has 2 N–H and O–H groups in total. The molecule has 104 valence electrons. The molecule has 0 bridgehead atoms. The molecular weight excluding hydrogens is 240 g/mol. The molecule has 0 amide bonds. The molecule has 2 rings (SSSR count). The summed E-state index contributed by atoms with van der Waals surface area (Å²) in [4.78, 5) is 11.2. The molecule has 0 radical (unpaired) electrons. The standard InChI is InChI=1S/C15H22N2O2/c1-9-11(16)8-10-12(13(9)17(18)19)15(4,5)7-6-14(10,2)3/h8H,6-7,16H2,1-5H3. The summed E-state index contributed by atoms with van der Waals surface area (Å²) in [6.07, 6.45) is 1.98. The average Bonchev–Trinajstić information content (AvgIpc) is 2.27. The van der Waals surface area contributed by atoms with E-state index in [-0.39, 0.29) is 21.4 Å². The zero-order valence-electron chi connectivity index (χ0n) is 12.3. The average molecular weight is 262 g/mol. The van der Waals surface area contributed by atoms with Crippen molar-refractivity contribution in [2.45, 2.75) is 58.3 Å². The van der Waals surface area contributed by atoms with Gasteiger partial charge in [-0.1, -0.05) is 27.7 Å². The Morgan fingerprint density at radius 2 is 1.74 bits per heavy atom. The van der Waals surface area contributed by atoms with Gasteiger partial charge in [-0.05, 0) is 42.2 Å². The highest BCUT2D eigenvalue weighted by atomic mass is 16.6. The van der Waals surface area contributed by atoms with Crippen molar-refractivity contribution in [1.82, 2.24) is 0 Å². The number of anilines is 1. The minimum Gasteiger partial charge on any atom is -0.398 e. The highest BCUT2D eigenvalue weighted by molar-refractivity contribution is 5.67. The lowest BCUT2D eigenvalue weighted by Crippen LogP contribution is -2.35. The molecule has 0 unspecified atom stereocenters. The van der Waals surface area contributed by atoms with Crippen LogP contribution in [0.5, 0.6) is 0 Å². The van der Waals surface area contributed by atoms with E-state index < -0.39 is 0 Å². The summed E-state index contributed by atoms with van der Waals surface area (Å²) in [6, 6.07) is 1.94. The van der Waals surface area contributed by atoms with Crippen molar-refractivity contribution in [3.05, 3.63) is 32.9 Å². The largest absolute Gasteiger partial charge is 0.398 e. The molecule has 1 aromatic rings. The Bertz CT molecular complexity index is 560. The van der Waals surface area contributed by atoms with Gasteiger partial charge in [-0.3, -0.25) is 10.1 Å². The number of fused-ring (bicyclic) bond motifs is 1. The van der Waals surface area contributed by atoms with Crippen LogP contribution >= 0.6 is 0 Å². The number of nitrogens with two attached hydrogens (primary N) is 1. The third kappa shape index (κ3) is 1.99. The topological polar surface area (TPSA) is 69.2 Å². The maximum absolute atomic E-state index is 11.5. The first kappa shape index (κ1) is 13.8. The first-order valence-electron chi connectivity index (χ1n) is 6.66. The van der Waals surface area contributed by atoms with E-state index in [9.17, 15) is 10.1 Å². The van der Waals surface area contributed by atoms with Gasteiger partial charge in [0, 0.05) is 16.8 Å². The zero-order valence-corrected chi connectivity index (χ0v) is 12.3. The van der Waals surface area contributed by atoms with Gasteiger partial charge in [-0.25, -0.2) is 0 Å². The Balaban J connectivity index is 2.91. The molecule has 4 heteroatoms. The van der Waals surface area contributed by atoms with Crippen LogP contribution in [0.15, 0.2) is 6.07 Å². The summed E-state index contributed by atoms with van der Waals surface area (Å²) < 4.78 is 0. The molecule has 0 aromatic heterocycles. The van der Waals surface area contributed by atoms with E-state index in [1.165, 1.54) is 0 Å². The second-order valence-corrected chi connectivity index (χ2v) is 6.89. The minimum atomic E-state index is -0.270. The second-order valence-electron chi connectivity index (χ2n) is 6.89. The SMILES string of the molecule is Cc1c(N)cc2c(c1[N+](=O)[O-])C(C)(C)CCC2(C)C. The van der Waals surface area contributed by atoms with Crippen molar-refractivity contribution in [2.24, 2.45) is 0 Å². The fraction of sp³-hybridized carbons (Fsp3) is 0.600. The van der Waals surface area contributed by atoms with Crippen LogP contribution in [0.1, 0.15) is 57.2 Å². The molecule has 0 saturated heterocycles. The minimum absolute atomic E-state index is 0.0581. The van der Waals surface area contributed by atoms with E-state index in [1.807, 2.05) is 6.07 Å². The summed E-state index contributed by atoms with van der Waals surface area (Å²) >= 11 is 0. The number of rotatable bonds is 1. The van der Waals surface area contributed by atoms with Gasteiger partial charge >= 0.3 is 0 Å². The molecule has 0 heterocycles. The third-order valence-electron chi connectivity index (χ3n) is 4.56. The van der Waals surface area contributed by atoms with Crippen molar-refractivity contribution in [2.75, 3.05) is 5.73 Å². The van der Waals surface area contributed by atoms with Crippen LogP contribution in [0, 0.1) is 17.0 Å². The monoisotopic (exact) mass is 262 g/mol. The molecule has 19 heavy (non-hydrogen) atoms. The molecule has 0 spiro atoms. The maximum atomic E-state index is 11.5. The molecule has 1 aromatic carbocycles. The van der Waals surface area contributed by atoms with Gasteiger partial charge < -0.3 is 5.73 Å². The molecule has 1 aliphatic rings.